The molecule has 3 heterocycles. The van der Waals surface area contributed by atoms with E-state index in [-0.39, 0.29) is 30.0 Å². The summed E-state index contributed by atoms with van der Waals surface area (Å²) in [6.45, 7) is 5.25. The number of carbonyl (C=O) groups is 1. The molecule has 2 aliphatic heterocycles. The van der Waals surface area contributed by atoms with E-state index in [0.29, 0.717) is 49.3 Å². The molecule has 1 saturated carbocycles. The van der Waals surface area contributed by atoms with E-state index >= 15 is 0 Å². The van der Waals surface area contributed by atoms with Crippen LogP contribution in [-0.4, -0.2) is 57.9 Å². The summed E-state index contributed by atoms with van der Waals surface area (Å²) in [6, 6.07) is -0.206. The number of aromatic nitrogens is 2. The van der Waals surface area contributed by atoms with Crippen molar-refractivity contribution in [2.75, 3.05) is 29.4 Å². The van der Waals surface area contributed by atoms with Crippen LogP contribution in [0.5, 0.6) is 0 Å². The normalized spacial score (nSPS) is 31.9. The van der Waals surface area contributed by atoms with Crippen molar-refractivity contribution >= 4 is 17.7 Å². The van der Waals surface area contributed by atoms with Gasteiger partial charge in [-0.05, 0) is 31.1 Å². The number of aliphatic carboxylic acids is 1. The Morgan fingerprint density at radius 1 is 1.26 bits per heavy atom. The molecule has 2 saturated heterocycles. The first kappa shape index (κ1) is 18.3. The molecule has 0 spiro atoms. The minimum atomic E-state index is -2.70. The molecule has 27 heavy (non-hydrogen) atoms. The molecule has 7 nitrogen and oxygen atoms in total. The fraction of sp³-hybridized carbons (Fsp3) is 0.722. The molecule has 0 amide bonds. The van der Waals surface area contributed by atoms with Crippen molar-refractivity contribution in [3.8, 4) is 0 Å². The van der Waals surface area contributed by atoms with Gasteiger partial charge < -0.3 is 20.0 Å². The smallest absolute Gasteiger partial charge is 0.303 e. The van der Waals surface area contributed by atoms with Gasteiger partial charge in [0, 0.05) is 31.6 Å². The van der Waals surface area contributed by atoms with Crippen LogP contribution in [0.1, 0.15) is 38.0 Å². The molecule has 4 rings (SSSR count). The average molecular weight is 382 g/mol. The summed E-state index contributed by atoms with van der Waals surface area (Å²) in [6.07, 6.45) is -2.63. The number of aliphatic hydroxyl groups excluding tert-OH is 1. The summed E-state index contributed by atoms with van der Waals surface area (Å²) in [7, 11) is 0. The van der Waals surface area contributed by atoms with Crippen molar-refractivity contribution in [3.05, 3.63) is 11.3 Å². The van der Waals surface area contributed by atoms with Crippen LogP contribution in [0.15, 0.2) is 0 Å². The van der Waals surface area contributed by atoms with E-state index in [1.807, 2.05) is 18.7 Å². The highest BCUT2D eigenvalue weighted by Gasteiger charge is 2.56. The molecule has 2 N–H and O–H groups in total. The van der Waals surface area contributed by atoms with Crippen molar-refractivity contribution < 1.29 is 23.8 Å². The number of alkyl halides is 2. The summed E-state index contributed by atoms with van der Waals surface area (Å²) in [5.41, 5.74) is 0.215. The van der Waals surface area contributed by atoms with E-state index in [1.54, 1.807) is 4.90 Å². The Balaban J connectivity index is 1.62. The van der Waals surface area contributed by atoms with Crippen LogP contribution >= 0.6 is 0 Å². The Bertz CT molecular complexity index is 750. The second kappa shape index (κ2) is 6.54. The van der Waals surface area contributed by atoms with Gasteiger partial charge in [-0.15, -0.1) is 0 Å². The van der Waals surface area contributed by atoms with Crippen LogP contribution in [-0.2, 0) is 11.2 Å². The van der Waals surface area contributed by atoms with Gasteiger partial charge in [0.15, 0.2) is 0 Å². The van der Waals surface area contributed by atoms with Crippen LogP contribution in [0.2, 0.25) is 0 Å². The number of piperidine rings is 1. The molecule has 0 aromatic carbocycles. The summed E-state index contributed by atoms with van der Waals surface area (Å²) < 4.78 is 27.3. The second-order valence-corrected chi connectivity index (χ2v) is 7.82. The topological polar surface area (TPSA) is 89.8 Å². The van der Waals surface area contributed by atoms with Gasteiger partial charge in [-0.3, -0.25) is 4.79 Å². The zero-order valence-electron chi connectivity index (χ0n) is 15.3. The summed E-state index contributed by atoms with van der Waals surface area (Å²) >= 11 is 0. The Hall–Kier alpha value is -2.03. The third-order valence-corrected chi connectivity index (χ3v) is 6.34. The first-order chi connectivity index (χ1) is 12.8. The Labute approximate surface area is 156 Å². The lowest BCUT2D eigenvalue weighted by Crippen LogP contribution is -2.59. The molecule has 1 unspecified atom stereocenters. The Morgan fingerprint density at radius 3 is 2.41 bits per heavy atom. The fourth-order valence-corrected chi connectivity index (χ4v) is 4.57. The maximum Gasteiger partial charge on any atom is 0.303 e. The first-order valence-corrected chi connectivity index (χ1v) is 9.42. The van der Waals surface area contributed by atoms with Crippen molar-refractivity contribution in [1.29, 1.82) is 0 Å². The average Bonchev–Trinajstić information content (AvgIpc) is 3.06. The summed E-state index contributed by atoms with van der Waals surface area (Å²) in [4.78, 5) is 23.4. The van der Waals surface area contributed by atoms with Gasteiger partial charge in [-0.2, -0.15) is 4.98 Å². The predicted molar refractivity (Wildman–Crippen MR) is 94.1 cm³/mol. The Kier molecular flexibility index (Phi) is 4.44. The molecular formula is C18H24F2N4O3. The number of fused-ring (bicyclic) bond motifs is 1. The zero-order valence-corrected chi connectivity index (χ0v) is 15.3. The minimum absolute atomic E-state index is 0.171. The molecule has 3 aliphatic rings. The van der Waals surface area contributed by atoms with Crippen LogP contribution < -0.4 is 9.80 Å². The lowest BCUT2D eigenvalue weighted by atomic mass is 10.0. The molecule has 148 valence electrons. The third-order valence-electron chi connectivity index (χ3n) is 6.34. The largest absolute Gasteiger partial charge is 0.481 e. The molecular weight excluding hydrogens is 358 g/mol. The molecule has 9 heteroatoms. The molecule has 1 aromatic rings. The quantitative estimate of drug-likeness (QED) is 0.774. The Morgan fingerprint density at radius 2 is 1.93 bits per heavy atom. The standard InChI is InChI=1S/C18H24F2N4O3/c1-3-9-15(16(19)20)21-18(24-7-13(25)8(24)2)22-17(9)23-5-11-10(4-14(26)27)12(11)6-23/h8,10-13,16,25H,3-7H2,1-2H3,(H,26,27)/t8-,10?,11-,12+,13+/m0/s1. The summed E-state index contributed by atoms with van der Waals surface area (Å²) in [5.74, 6) is 0.758. The number of hydrogen-bond donors (Lipinski definition) is 2. The van der Waals surface area contributed by atoms with Crippen LogP contribution in [0.3, 0.4) is 0 Å². The first-order valence-electron chi connectivity index (χ1n) is 9.42. The van der Waals surface area contributed by atoms with E-state index in [1.165, 1.54) is 0 Å². The zero-order chi connectivity index (χ0) is 19.5. The number of hydrogen-bond acceptors (Lipinski definition) is 6. The van der Waals surface area contributed by atoms with Crippen molar-refractivity contribution in [2.45, 2.75) is 45.3 Å². The number of carboxylic acids is 1. The predicted octanol–water partition coefficient (Wildman–Crippen LogP) is 1.70. The third kappa shape index (κ3) is 3.01. The van der Waals surface area contributed by atoms with E-state index in [2.05, 4.69) is 9.97 Å². The van der Waals surface area contributed by atoms with Crippen molar-refractivity contribution in [1.82, 2.24) is 9.97 Å². The number of rotatable bonds is 6. The van der Waals surface area contributed by atoms with Gasteiger partial charge in [-0.1, -0.05) is 6.92 Å². The second-order valence-electron chi connectivity index (χ2n) is 7.82. The highest BCUT2D eigenvalue weighted by atomic mass is 19.3. The van der Waals surface area contributed by atoms with E-state index in [0.717, 1.165) is 0 Å². The monoisotopic (exact) mass is 382 g/mol. The summed E-state index contributed by atoms with van der Waals surface area (Å²) in [5, 5.41) is 18.7. The van der Waals surface area contributed by atoms with Gasteiger partial charge in [0.25, 0.3) is 6.43 Å². The number of aliphatic hydroxyl groups is 1. The van der Waals surface area contributed by atoms with Gasteiger partial charge in [0.2, 0.25) is 5.95 Å². The van der Waals surface area contributed by atoms with E-state index in [4.69, 9.17) is 5.11 Å². The lowest BCUT2D eigenvalue weighted by molar-refractivity contribution is -0.137. The maximum atomic E-state index is 13.7. The fourth-order valence-electron chi connectivity index (χ4n) is 4.57. The SMILES string of the molecule is CCc1c(C(F)F)nc(N2C[C@@H](O)[C@@H]2C)nc1N1C[C@@H]2C(CC(=O)O)[C@@H]2C1. The highest BCUT2D eigenvalue weighted by molar-refractivity contribution is 5.68. The van der Waals surface area contributed by atoms with Crippen LogP contribution in [0, 0.1) is 17.8 Å². The molecule has 3 fully saturated rings. The van der Waals surface area contributed by atoms with Crippen LogP contribution in [0.4, 0.5) is 20.5 Å². The molecule has 0 bridgehead atoms. The number of halogens is 2. The lowest BCUT2D eigenvalue weighted by Gasteiger charge is -2.43. The van der Waals surface area contributed by atoms with Gasteiger partial charge >= 0.3 is 5.97 Å². The molecule has 1 aromatic heterocycles. The van der Waals surface area contributed by atoms with E-state index < -0.39 is 18.5 Å². The van der Waals surface area contributed by atoms with Crippen molar-refractivity contribution in [3.63, 3.8) is 0 Å². The molecule has 1 aliphatic carbocycles. The van der Waals surface area contributed by atoms with Gasteiger partial charge in [-0.25, -0.2) is 13.8 Å². The number of β-amino-alcohol motifs (C(OH)–C–C–N with tert-alkyl or cyclic N) is 1. The maximum absolute atomic E-state index is 13.7. The van der Waals surface area contributed by atoms with Gasteiger partial charge in [0.1, 0.15) is 11.5 Å². The highest BCUT2D eigenvalue weighted by Crippen LogP contribution is 2.54. The van der Waals surface area contributed by atoms with Gasteiger partial charge in [0.05, 0.1) is 12.1 Å². The number of nitrogens with zero attached hydrogens (tertiary/aromatic N) is 4. The minimum Gasteiger partial charge on any atom is -0.481 e. The van der Waals surface area contributed by atoms with Crippen molar-refractivity contribution in [2.24, 2.45) is 17.8 Å². The number of carboxylic acid groups (broad SMARTS) is 1. The van der Waals surface area contributed by atoms with Crippen LogP contribution in [0.25, 0.3) is 0 Å². The number of anilines is 2. The van der Waals surface area contributed by atoms with E-state index in [9.17, 15) is 18.7 Å². The molecule has 0 radical (unpaired) electrons. The molecule has 5 atom stereocenters.